The summed E-state index contributed by atoms with van der Waals surface area (Å²) in [5.41, 5.74) is 8.42. The molecule has 3 N–H and O–H groups in total. The molecule has 0 saturated carbocycles. The molecule has 2 aromatic heterocycles. The number of aromatic nitrogens is 2. The molecule has 84 valence electrons. The van der Waals surface area contributed by atoms with Gasteiger partial charge >= 0.3 is 0 Å². The molecule has 0 aliphatic carbocycles. The average molecular weight is 234 g/mol. The highest BCUT2D eigenvalue weighted by Gasteiger charge is 2.10. The van der Waals surface area contributed by atoms with E-state index >= 15 is 0 Å². The number of nitrogens with one attached hydrogen (secondary N) is 1. The molecular weight excluding hydrogens is 220 g/mol. The number of anilines is 2. The van der Waals surface area contributed by atoms with Gasteiger partial charge in [0.05, 0.1) is 23.6 Å². The van der Waals surface area contributed by atoms with Gasteiger partial charge in [-0.05, 0) is 19.9 Å². The van der Waals surface area contributed by atoms with Crippen LogP contribution < -0.4 is 11.1 Å². The van der Waals surface area contributed by atoms with E-state index in [2.05, 4.69) is 22.2 Å². The molecule has 2 rings (SSSR count). The minimum atomic E-state index is 0.156. The van der Waals surface area contributed by atoms with Crippen LogP contribution in [-0.4, -0.2) is 9.97 Å². The van der Waals surface area contributed by atoms with Crippen molar-refractivity contribution in [1.29, 1.82) is 0 Å². The van der Waals surface area contributed by atoms with Crippen molar-refractivity contribution in [2.45, 2.75) is 19.9 Å². The van der Waals surface area contributed by atoms with Crippen LogP contribution in [-0.2, 0) is 0 Å². The summed E-state index contributed by atoms with van der Waals surface area (Å²) in [5.74, 6) is 0. The monoisotopic (exact) mass is 234 g/mol. The second-order valence-electron chi connectivity index (χ2n) is 3.66. The fourth-order valence-electron chi connectivity index (χ4n) is 1.40. The number of hydrogen-bond donors (Lipinski definition) is 2. The van der Waals surface area contributed by atoms with E-state index < -0.39 is 0 Å². The predicted octanol–water partition coefficient (Wildman–Crippen LogP) is 2.60. The van der Waals surface area contributed by atoms with Gasteiger partial charge in [0.2, 0.25) is 0 Å². The molecule has 0 aromatic carbocycles. The normalized spacial score (nSPS) is 12.4. The van der Waals surface area contributed by atoms with Gasteiger partial charge in [-0.15, -0.1) is 11.3 Å². The molecule has 2 heterocycles. The number of nitrogens with zero attached hydrogens (tertiary/aromatic N) is 2. The maximum Gasteiger partial charge on any atom is 0.115 e. The lowest BCUT2D eigenvalue weighted by Crippen LogP contribution is -2.08. The van der Waals surface area contributed by atoms with Gasteiger partial charge in [-0.25, -0.2) is 4.98 Å². The van der Waals surface area contributed by atoms with Crippen molar-refractivity contribution in [1.82, 2.24) is 9.97 Å². The Morgan fingerprint density at radius 3 is 2.94 bits per heavy atom. The van der Waals surface area contributed by atoms with E-state index in [1.54, 1.807) is 23.7 Å². The smallest absolute Gasteiger partial charge is 0.115 e. The summed E-state index contributed by atoms with van der Waals surface area (Å²) < 4.78 is 0. The molecule has 0 aliphatic heterocycles. The maximum atomic E-state index is 5.81. The Bertz CT molecular complexity index is 480. The van der Waals surface area contributed by atoms with Crippen molar-refractivity contribution in [2.24, 2.45) is 0 Å². The third kappa shape index (κ3) is 2.30. The molecule has 1 unspecified atom stereocenters. The first-order valence-corrected chi connectivity index (χ1v) is 5.93. The number of nitrogens with two attached hydrogens (primary N) is 1. The summed E-state index contributed by atoms with van der Waals surface area (Å²) >= 11 is 1.65. The van der Waals surface area contributed by atoms with E-state index in [4.69, 9.17) is 5.73 Å². The molecule has 2 aromatic rings. The lowest BCUT2D eigenvalue weighted by Gasteiger charge is -2.13. The minimum absolute atomic E-state index is 0.156. The van der Waals surface area contributed by atoms with E-state index in [-0.39, 0.29) is 6.04 Å². The number of thiazole rings is 1. The third-order valence-electron chi connectivity index (χ3n) is 2.23. The zero-order chi connectivity index (χ0) is 11.5. The molecular formula is C11H14N4S. The molecule has 0 aliphatic rings. The van der Waals surface area contributed by atoms with Crippen LogP contribution in [0.25, 0.3) is 0 Å². The summed E-state index contributed by atoms with van der Waals surface area (Å²) in [5, 5.41) is 6.43. The van der Waals surface area contributed by atoms with Gasteiger partial charge in [-0.2, -0.15) is 0 Å². The molecule has 16 heavy (non-hydrogen) atoms. The first kappa shape index (κ1) is 10.9. The summed E-state index contributed by atoms with van der Waals surface area (Å²) in [6.07, 6.45) is 3.36. The summed E-state index contributed by atoms with van der Waals surface area (Å²) in [6.45, 7) is 4.06. The van der Waals surface area contributed by atoms with E-state index in [1.807, 2.05) is 18.4 Å². The highest BCUT2D eigenvalue weighted by molar-refractivity contribution is 7.09. The lowest BCUT2D eigenvalue weighted by molar-refractivity contribution is 0.864. The highest BCUT2D eigenvalue weighted by Crippen LogP contribution is 2.24. The molecule has 4 nitrogen and oxygen atoms in total. The van der Waals surface area contributed by atoms with Crippen molar-refractivity contribution in [3.63, 3.8) is 0 Å². The second kappa shape index (κ2) is 4.49. The van der Waals surface area contributed by atoms with Crippen molar-refractivity contribution >= 4 is 22.7 Å². The Hall–Kier alpha value is -1.62. The maximum absolute atomic E-state index is 5.81. The van der Waals surface area contributed by atoms with Crippen molar-refractivity contribution in [3.05, 3.63) is 34.5 Å². The van der Waals surface area contributed by atoms with Gasteiger partial charge in [0.25, 0.3) is 0 Å². The first-order chi connectivity index (χ1) is 7.66. The summed E-state index contributed by atoms with van der Waals surface area (Å²) in [4.78, 5) is 8.39. The van der Waals surface area contributed by atoms with Crippen LogP contribution in [0.15, 0.2) is 23.8 Å². The molecule has 1 atom stereocenters. The van der Waals surface area contributed by atoms with Crippen LogP contribution in [0.4, 0.5) is 11.4 Å². The molecule has 0 spiro atoms. The summed E-state index contributed by atoms with van der Waals surface area (Å²) in [6, 6.07) is 2.02. The number of nitrogen functional groups attached to an aromatic ring is 1. The van der Waals surface area contributed by atoms with Crippen LogP contribution in [0.2, 0.25) is 0 Å². The SMILES string of the molecule is Cc1csc(C(C)Nc2ccncc2N)n1. The number of aryl methyl sites for hydroxylation is 1. The van der Waals surface area contributed by atoms with Crippen LogP contribution in [0.1, 0.15) is 23.7 Å². The molecule has 5 heteroatoms. The van der Waals surface area contributed by atoms with Gasteiger partial charge in [0.1, 0.15) is 5.01 Å². The second-order valence-corrected chi connectivity index (χ2v) is 4.55. The van der Waals surface area contributed by atoms with E-state index in [0.29, 0.717) is 5.69 Å². The average Bonchev–Trinajstić information content (AvgIpc) is 2.68. The Kier molecular flexibility index (Phi) is 3.05. The lowest BCUT2D eigenvalue weighted by atomic mass is 10.3. The van der Waals surface area contributed by atoms with E-state index in [1.165, 1.54) is 0 Å². The summed E-state index contributed by atoms with van der Waals surface area (Å²) in [7, 11) is 0. The van der Waals surface area contributed by atoms with E-state index in [0.717, 1.165) is 16.4 Å². The van der Waals surface area contributed by atoms with Crippen molar-refractivity contribution in [2.75, 3.05) is 11.1 Å². The minimum Gasteiger partial charge on any atom is -0.396 e. The van der Waals surface area contributed by atoms with Crippen LogP contribution >= 0.6 is 11.3 Å². The number of hydrogen-bond acceptors (Lipinski definition) is 5. The van der Waals surface area contributed by atoms with Crippen LogP contribution in [0.5, 0.6) is 0 Å². The molecule has 0 radical (unpaired) electrons. The fourth-order valence-corrected chi connectivity index (χ4v) is 2.21. The molecule has 0 bridgehead atoms. The van der Waals surface area contributed by atoms with Crippen molar-refractivity contribution < 1.29 is 0 Å². The molecule has 0 fully saturated rings. The van der Waals surface area contributed by atoms with Gasteiger partial charge in [0, 0.05) is 17.3 Å². The highest BCUT2D eigenvalue weighted by atomic mass is 32.1. The Labute approximate surface area is 98.6 Å². The van der Waals surface area contributed by atoms with Gasteiger partial charge in [-0.1, -0.05) is 0 Å². The van der Waals surface area contributed by atoms with Gasteiger partial charge < -0.3 is 11.1 Å². The standard InChI is InChI=1S/C11H14N4S/c1-7-6-16-11(14-7)8(2)15-10-3-4-13-5-9(10)12/h3-6,8H,12H2,1-2H3,(H,13,15). The Balaban J connectivity index is 2.13. The zero-order valence-corrected chi connectivity index (χ0v) is 10.1. The van der Waals surface area contributed by atoms with Crippen molar-refractivity contribution in [3.8, 4) is 0 Å². The first-order valence-electron chi connectivity index (χ1n) is 5.05. The van der Waals surface area contributed by atoms with Crippen LogP contribution in [0.3, 0.4) is 0 Å². The molecule has 0 saturated heterocycles. The van der Waals surface area contributed by atoms with Gasteiger partial charge in [0.15, 0.2) is 0 Å². The van der Waals surface area contributed by atoms with Gasteiger partial charge in [-0.3, -0.25) is 4.98 Å². The van der Waals surface area contributed by atoms with Crippen LogP contribution in [0, 0.1) is 6.92 Å². The number of pyridine rings is 1. The topological polar surface area (TPSA) is 63.8 Å². The van der Waals surface area contributed by atoms with E-state index in [9.17, 15) is 0 Å². The quantitative estimate of drug-likeness (QED) is 0.856. The zero-order valence-electron chi connectivity index (χ0n) is 9.27. The Morgan fingerprint density at radius 1 is 1.50 bits per heavy atom. The Morgan fingerprint density at radius 2 is 2.31 bits per heavy atom. The third-order valence-corrected chi connectivity index (χ3v) is 3.38. The fraction of sp³-hybridized carbons (Fsp3) is 0.273. The molecule has 0 amide bonds. The predicted molar refractivity (Wildman–Crippen MR) is 67.5 cm³/mol. The largest absolute Gasteiger partial charge is 0.396 e. The number of rotatable bonds is 3.